The van der Waals surface area contributed by atoms with E-state index in [0.717, 1.165) is 0 Å². The highest BCUT2D eigenvalue weighted by atomic mass is 16.5. The van der Waals surface area contributed by atoms with Crippen LogP contribution in [0.3, 0.4) is 0 Å². The number of carbonyl (C=O) groups excluding carboxylic acids is 1. The van der Waals surface area contributed by atoms with Gasteiger partial charge in [0.1, 0.15) is 6.10 Å². The normalized spacial score (nSPS) is 12.4. The number of benzene rings is 1. The number of hydrogen-bond acceptors (Lipinski definition) is 5. The van der Waals surface area contributed by atoms with Crippen LogP contribution in [0.15, 0.2) is 28.7 Å². The average Bonchev–Trinajstić information content (AvgIpc) is 2.85. The van der Waals surface area contributed by atoms with E-state index < -0.39 is 0 Å². The Morgan fingerprint density at radius 1 is 1.20 bits per heavy atom. The van der Waals surface area contributed by atoms with Gasteiger partial charge in [-0.1, -0.05) is 26.0 Å². The zero-order valence-electron chi connectivity index (χ0n) is 12.1. The fourth-order valence-electron chi connectivity index (χ4n) is 1.62. The number of aromatic nitrogens is 2. The lowest BCUT2D eigenvalue weighted by Gasteiger charge is -2.17. The van der Waals surface area contributed by atoms with Crippen molar-refractivity contribution in [3.8, 4) is 11.5 Å². The average molecular weight is 274 g/mol. The molecule has 0 aliphatic rings. The summed E-state index contributed by atoms with van der Waals surface area (Å²) in [7, 11) is 0. The molecule has 106 valence electrons. The maximum Gasteiger partial charge on any atom is 0.339 e. The number of carbonyl (C=O) groups is 1. The van der Waals surface area contributed by atoms with E-state index >= 15 is 0 Å². The molecule has 0 saturated heterocycles. The minimum Gasteiger partial charge on any atom is -0.459 e. The van der Waals surface area contributed by atoms with E-state index in [1.165, 1.54) is 0 Å². The van der Waals surface area contributed by atoms with Gasteiger partial charge in [0, 0.05) is 6.92 Å². The zero-order chi connectivity index (χ0) is 14.7. The van der Waals surface area contributed by atoms with Gasteiger partial charge in [-0.25, -0.2) is 4.79 Å². The maximum absolute atomic E-state index is 12.2. The van der Waals surface area contributed by atoms with Crippen LogP contribution < -0.4 is 0 Å². The predicted molar refractivity (Wildman–Crippen MR) is 74.2 cm³/mol. The molecule has 0 fully saturated rings. The summed E-state index contributed by atoms with van der Waals surface area (Å²) < 4.78 is 10.8. The summed E-state index contributed by atoms with van der Waals surface area (Å²) in [5, 5.41) is 7.73. The van der Waals surface area contributed by atoms with E-state index in [4.69, 9.17) is 9.15 Å². The third kappa shape index (κ3) is 3.04. The van der Waals surface area contributed by atoms with Crippen molar-refractivity contribution in [2.75, 3.05) is 0 Å². The van der Waals surface area contributed by atoms with E-state index in [-0.39, 0.29) is 18.0 Å². The minimum absolute atomic E-state index is 0.153. The second kappa shape index (κ2) is 5.86. The van der Waals surface area contributed by atoms with Crippen molar-refractivity contribution in [1.29, 1.82) is 0 Å². The van der Waals surface area contributed by atoms with Gasteiger partial charge >= 0.3 is 5.97 Å². The van der Waals surface area contributed by atoms with Crippen LogP contribution in [0.4, 0.5) is 0 Å². The Hall–Kier alpha value is -2.17. The van der Waals surface area contributed by atoms with Crippen molar-refractivity contribution >= 4 is 5.97 Å². The monoisotopic (exact) mass is 274 g/mol. The lowest BCUT2D eigenvalue weighted by Crippen LogP contribution is -2.20. The molecule has 1 aromatic heterocycles. The minimum atomic E-state index is -0.377. The Balaban J connectivity index is 2.31. The number of ether oxygens (including phenoxy) is 1. The Labute approximate surface area is 118 Å². The Morgan fingerprint density at radius 3 is 2.50 bits per heavy atom. The third-order valence-corrected chi connectivity index (χ3v) is 3.14. The van der Waals surface area contributed by atoms with E-state index in [1.54, 1.807) is 25.1 Å². The molecule has 0 amide bonds. The molecule has 0 saturated carbocycles. The van der Waals surface area contributed by atoms with Gasteiger partial charge in [0.2, 0.25) is 11.8 Å². The first-order valence-electron chi connectivity index (χ1n) is 6.59. The van der Waals surface area contributed by atoms with Gasteiger partial charge in [-0.05, 0) is 25.0 Å². The van der Waals surface area contributed by atoms with Crippen LogP contribution in [0.2, 0.25) is 0 Å². The second-order valence-corrected chi connectivity index (χ2v) is 5.03. The smallest absolute Gasteiger partial charge is 0.339 e. The van der Waals surface area contributed by atoms with E-state index in [1.807, 2.05) is 26.8 Å². The molecule has 0 unspecified atom stereocenters. The van der Waals surface area contributed by atoms with Crippen LogP contribution in [-0.2, 0) is 4.74 Å². The Morgan fingerprint density at radius 2 is 1.90 bits per heavy atom. The highest BCUT2D eigenvalue weighted by Gasteiger charge is 2.20. The van der Waals surface area contributed by atoms with Crippen LogP contribution in [0, 0.1) is 12.8 Å². The summed E-state index contributed by atoms with van der Waals surface area (Å²) in [5.41, 5.74) is 1.03. The second-order valence-electron chi connectivity index (χ2n) is 5.03. The van der Waals surface area contributed by atoms with E-state index in [0.29, 0.717) is 22.9 Å². The molecule has 1 atom stereocenters. The first-order valence-corrected chi connectivity index (χ1v) is 6.59. The molecule has 2 rings (SSSR count). The molecule has 0 bridgehead atoms. The standard InChI is InChI=1S/C15H18N2O3/c1-9(2)10(3)19-15(18)13-8-6-5-7-12(13)14-17-16-11(4)20-14/h5-10H,1-4H3/t10-/m1/s1. The molecule has 0 spiro atoms. The van der Waals surface area contributed by atoms with Crippen LogP contribution in [0.25, 0.3) is 11.5 Å². The molecule has 0 radical (unpaired) electrons. The first kappa shape index (κ1) is 14.2. The largest absolute Gasteiger partial charge is 0.459 e. The molecule has 5 nitrogen and oxygen atoms in total. The zero-order valence-corrected chi connectivity index (χ0v) is 12.1. The molecule has 0 N–H and O–H groups in total. The predicted octanol–water partition coefficient (Wildman–Crippen LogP) is 3.25. The summed E-state index contributed by atoms with van der Waals surface area (Å²) in [6.45, 7) is 7.59. The summed E-state index contributed by atoms with van der Waals surface area (Å²) in [5.74, 6) is 0.667. The van der Waals surface area contributed by atoms with Crippen molar-refractivity contribution in [3.63, 3.8) is 0 Å². The number of esters is 1. The molecule has 1 aromatic carbocycles. The molecular weight excluding hydrogens is 256 g/mol. The lowest BCUT2D eigenvalue weighted by atomic mass is 10.1. The first-order chi connectivity index (χ1) is 9.49. The van der Waals surface area contributed by atoms with Crippen molar-refractivity contribution < 1.29 is 13.9 Å². The van der Waals surface area contributed by atoms with Crippen LogP contribution in [-0.4, -0.2) is 22.3 Å². The molecule has 2 aromatic rings. The summed E-state index contributed by atoms with van der Waals surface area (Å²) in [6.07, 6.45) is -0.153. The SMILES string of the molecule is Cc1nnc(-c2ccccc2C(=O)O[C@H](C)C(C)C)o1. The topological polar surface area (TPSA) is 65.2 Å². The van der Waals surface area contributed by atoms with Gasteiger partial charge in [-0.2, -0.15) is 0 Å². The van der Waals surface area contributed by atoms with Gasteiger partial charge in [-0.3, -0.25) is 0 Å². The maximum atomic E-state index is 12.2. The van der Waals surface area contributed by atoms with Crippen molar-refractivity contribution in [3.05, 3.63) is 35.7 Å². The number of aryl methyl sites for hydroxylation is 1. The lowest BCUT2D eigenvalue weighted by molar-refractivity contribution is 0.0238. The van der Waals surface area contributed by atoms with E-state index in [2.05, 4.69) is 10.2 Å². The number of hydrogen-bond donors (Lipinski definition) is 0. The van der Waals surface area contributed by atoms with Gasteiger partial charge in [0.15, 0.2) is 0 Å². The van der Waals surface area contributed by atoms with Crippen molar-refractivity contribution in [2.45, 2.75) is 33.8 Å². The quantitative estimate of drug-likeness (QED) is 0.801. The van der Waals surface area contributed by atoms with Crippen LogP contribution >= 0.6 is 0 Å². The van der Waals surface area contributed by atoms with Crippen molar-refractivity contribution in [1.82, 2.24) is 10.2 Å². The number of rotatable bonds is 4. The Kier molecular flexibility index (Phi) is 4.17. The van der Waals surface area contributed by atoms with Crippen LogP contribution in [0.5, 0.6) is 0 Å². The summed E-state index contributed by atoms with van der Waals surface area (Å²) >= 11 is 0. The highest BCUT2D eigenvalue weighted by molar-refractivity contribution is 5.96. The Bertz CT molecular complexity index is 605. The van der Waals surface area contributed by atoms with Gasteiger partial charge < -0.3 is 9.15 Å². The highest BCUT2D eigenvalue weighted by Crippen LogP contribution is 2.23. The van der Waals surface area contributed by atoms with E-state index in [9.17, 15) is 4.79 Å². The molecule has 5 heteroatoms. The van der Waals surface area contributed by atoms with Crippen molar-refractivity contribution in [2.24, 2.45) is 5.92 Å². The van der Waals surface area contributed by atoms with Gasteiger partial charge in [0.05, 0.1) is 11.1 Å². The van der Waals surface area contributed by atoms with Crippen LogP contribution in [0.1, 0.15) is 37.0 Å². The molecular formula is C15H18N2O3. The molecule has 0 aliphatic carbocycles. The summed E-state index contributed by atoms with van der Waals surface area (Å²) in [4.78, 5) is 12.2. The third-order valence-electron chi connectivity index (χ3n) is 3.14. The fourth-order valence-corrected chi connectivity index (χ4v) is 1.62. The molecule has 0 aliphatic heterocycles. The fraction of sp³-hybridized carbons (Fsp3) is 0.400. The molecule has 1 heterocycles. The van der Waals surface area contributed by atoms with Gasteiger partial charge in [-0.15, -0.1) is 10.2 Å². The number of nitrogens with zero attached hydrogens (tertiary/aromatic N) is 2. The van der Waals surface area contributed by atoms with Gasteiger partial charge in [0.25, 0.3) is 0 Å². The molecule has 20 heavy (non-hydrogen) atoms. The summed E-state index contributed by atoms with van der Waals surface area (Å²) in [6, 6.07) is 7.06.